The average molecular weight is 410 g/mol. The van der Waals surface area contributed by atoms with Gasteiger partial charge in [0.2, 0.25) is 0 Å². The highest BCUT2D eigenvalue weighted by atomic mass is 16.5. The molecular formula is C24H31N3O3. The molecule has 0 saturated heterocycles. The van der Waals surface area contributed by atoms with Crippen molar-refractivity contribution >= 4 is 5.91 Å². The van der Waals surface area contributed by atoms with Crippen LogP contribution in [0.2, 0.25) is 0 Å². The fourth-order valence-electron chi connectivity index (χ4n) is 3.20. The van der Waals surface area contributed by atoms with E-state index in [0.717, 1.165) is 30.1 Å². The van der Waals surface area contributed by atoms with Gasteiger partial charge in [0.15, 0.2) is 5.76 Å². The monoisotopic (exact) mass is 409 g/mol. The van der Waals surface area contributed by atoms with Crippen LogP contribution in [-0.4, -0.2) is 22.2 Å². The lowest BCUT2D eigenvalue weighted by Crippen LogP contribution is -2.25. The highest BCUT2D eigenvalue weighted by Crippen LogP contribution is 2.24. The van der Waals surface area contributed by atoms with Crippen molar-refractivity contribution in [1.29, 1.82) is 0 Å². The van der Waals surface area contributed by atoms with Gasteiger partial charge in [0.25, 0.3) is 5.91 Å². The Morgan fingerprint density at radius 1 is 1.13 bits per heavy atom. The van der Waals surface area contributed by atoms with Crippen molar-refractivity contribution in [2.45, 2.75) is 59.6 Å². The first kappa shape index (κ1) is 21.7. The predicted molar refractivity (Wildman–Crippen MR) is 117 cm³/mol. The third-order valence-corrected chi connectivity index (χ3v) is 4.92. The number of carbonyl (C=O) groups excluding carboxylic acids is 1. The van der Waals surface area contributed by atoms with Crippen LogP contribution in [-0.2, 0) is 18.6 Å². The fraction of sp³-hybridized carbons (Fsp3) is 0.417. The highest BCUT2D eigenvalue weighted by molar-refractivity contribution is 5.91. The van der Waals surface area contributed by atoms with E-state index in [1.807, 2.05) is 36.7 Å². The molecule has 0 aliphatic rings. The molecule has 1 amide bonds. The summed E-state index contributed by atoms with van der Waals surface area (Å²) >= 11 is 0. The molecule has 3 aromatic rings. The van der Waals surface area contributed by atoms with E-state index < -0.39 is 0 Å². The molecule has 30 heavy (non-hydrogen) atoms. The number of nitrogens with one attached hydrogen (secondary N) is 1. The molecule has 1 N–H and O–H groups in total. The lowest BCUT2D eigenvalue weighted by molar-refractivity contribution is 0.0920. The van der Waals surface area contributed by atoms with Crippen LogP contribution in [0.1, 0.15) is 60.5 Å². The quantitative estimate of drug-likeness (QED) is 0.543. The van der Waals surface area contributed by atoms with E-state index in [1.54, 1.807) is 12.1 Å². The van der Waals surface area contributed by atoms with Crippen LogP contribution in [0.25, 0.3) is 0 Å². The molecule has 2 heterocycles. The summed E-state index contributed by atoms with van der Waals surface area (Å²) in [5.41, 5.74) is 3.50. The molecule has 6 nitrogen and oxygen atoms in total. The minimum Gasteiger partial charge on any atom is -0.486 e. The van der Waals surface area contributed by atoms with Gasteiger partial charge in [-0.15, -0.1) is 0 Å². The molecule has 0 bridgehead atoms. The van der Waals surface area contributed by atoms with Crippen molar-refractivity contribution in [2.24, 2.45) is 0 Å². The average Bonchev–Trinajstić information content (AvgIpc) is 3.29. The number of aryl methyl sites for hydroxylation is 3. The first-order chi connectivity index (χ1) is 14.2. The Kier molecular flexibility index (Phi) is 6.65. The number of carbonyl (C=O) groups is 1. The smallest absolute Gasteiger partial charge is 0.286 e. The maximum atomic E-state index is 12.3. The SMILES string of the molecule is Cc1cc(C)n(CCCNC(=O)c2ccc(COc3ccc(C(C)(C)C)cc3)o2)n1. The van der Waals surface area contributed by atoms with Gasteiger partial charge in [-0.25, -0.2) is 0 Å². The Balaban J connectivity index is 1.43. The van der Waals surface area contributed by atoms with Crippen molar-refractivity contribution in [3.63, 3.8) is 0 Å². The van der Waals surface area contributed by atoms with E-state index in [2.05, 4.69) is 43.3 Å². The lowest BCUT2D eigenvalue weighted by atomic mass is 9.87. The van der Waals surface area contributed by atoms with E-state index in [-0.39, 0.29) is 17.9 Å². The molecule has 3 rings (SSSR count). The van der Waals surface area contributed by atoms with E-state index in [0.29, 0.717) is 18.1 Å². The number of ether oxygens (including phenoxy) is 1. The van der Waals surface area contributed by atoms with Gasteiger partial charge in [0.05, 0.1) is 5.69 Å². The summed E-state index contributed by atoms with van der Waals surface area (Å²) in [4.78, 5) is 12.3. The molecule has 0 saturated carbocycles. The Morgan fingerprint density at radius 3 is 2.50 bits per heavy atom. The number of hydrogen-bond donors (Lipinski definition) is 1. The second kappa shape index (κ2) is 9.20. The molecule has 0 radical (unpaired) electrons. The Labute approximate surface area is 178 Å². The third-order valence-electron chi connectivity index (χ3n) is 4.92. The number of hydrogen-bond acceptors (Lipinski definition) is 4. The summed E-state index contributed by atoms with van der Waals surface area (Å²) < 4.78 is 13.4. The van der Waals surface area contributed by atoms with Gasteiger partial charge < -0.3 is 14.5 Å². The van der Waals surface area contributed by atoms with Crippen molar-refractivity contribution in [1.82, 2.24) is 15.1 Å². The molecule has 2 aromatic heterocycles. The Bertz CT molecular complexity index is 978. The van der Waals surface area contributed by atoms with Crippen LogP contribution >= 0.6 is 0 Å². The summed E-state index contributed by atoms with van der Waals surface area (Å²) in [7, 11) is 0. The minimum absolute atomic E-state index is 0.109. The van der Waals surface area contributed by atoms with Gasteiger partial charge in [-0.2, -0.15) is 5.10 Å². The van der Waals surface area contributed by atoms with Crippen molar-refractivity contribution in [2.75, 3.05) is 6.54 Å². The Hall–Kier alpha value is -3.02. The van der Waals surface area contributed by atoms with Crippen molar-refractivity contribution < 1.29 is 13.9 Å². The Morgan fingerprint density at radius 2 is 1.87 bits per heavy atom. The van der Waals surface area contributed by atoms with Crippen molar-refractivity contribution in [3.8, 4) is 5.75 Å². The predicted octanol–water partition coefficient (Wildman–Crippen LogP) is 4.79. The number of amides is 1. The molecule has 0 aliphatic carbocycles. The van der Waals surface area contributed by atoms with Crippen LogP contribution in [0.4, 0.5) is 0 Å². The summed E-state index contributed by atoms with van der Waals surface area (Å²) in [6, 6.07) is 13.6. The molecule has 1 aromatic carbocycles. The molecule has 160 valence electrons. The molecule has 6 heteroatoms. The van der Waals surface area contributed by atoms with E-state index in [4.69, 9.17) is 9.15 Å². The van der Waals surface area contributed by atoms with E-state index >= 15 is 0 Å². The first-order valence-electron chi connectivity index (χ1n) is 10.3. The van der Waals surface area contributed by atoms with Crippen LogP contribution < -0.4 is 10.1 Å². The molecule has 0 fully saturated rings. The normalized spacial score (nSPS) is 11.5. The summed E-state index contributed by atoms with van der Waals surface area (Å²) in [5, 5.41) is 7.31. The molecular weight excluding hydrogens is 378 g/mol. The summed E-state index contributed by atoms with van der Waals surface area (Å²) in [6.45, 7) is 12.1. The number of furan rings is 1. The fourth-order valence-corrected chi connectivity index (χ4v) is 3.20. The highest BCUT2D eigenvalue weighted by Gasteiger charge is 2.14. The standard InChI is InChI=1S/C24H31N3O3/c1-17-15-18(2)27(26-17)14-6-13-25-23(28)22-12-11-21(30-22)16-29-20-9-7-19(8-10-20)24(3,4)5/h7-12,15H,6,13-14,16H2,1-5H3,(H,25,28). The van der Waals surface area contributed by atoms with E-state index in [9.17, 15) is 4.79 Å². The summed E-state index contributed by atoms with van der Waals surface area (Å²) in [6.07, 6.45) is 0.801. The second-order valence-corrected chi connectivity index (χ2v) is 8.59. The molecule has 0 spiro atoms. The number of nitrogens with zero attached hydrogens (tertiary/aromatic N) is 2. The third kappa shape index (κ3) is 5.75. The molecule has 0 aliphatic heterocycles. The van der Waals surface area contributed by atoms with Crippen LogP contribution in [0.3, 0.4) is 0 Å². The minimum atomic E-state index is -0.218. The zero-order chi connectivity index (χ0) is 21.7. The number of rotatable bonds is 8. The van der Waals surface area contributed by atoms with Gasteiger partial charge in [-0.05, 0) is 61.6 Å². The van der Waals surface area contributed by atoms with E-state index in [1.165, 1.54) is 5.56 Å². The van der Waals surface area contributed by atoms with Crippen LogP contribution in [0.15, 0.2) is 46.9 Å². The largest absolute Gasteiger partial charge is 0.486 e. The number of benzene rings is 1. The zero-order valence-electron chi connectivity index (χ0n) is 18.5. The van der Waals surface area contributed by atoms with Gasteiger partial charge in [0.1, 0.15) is 18.1 Å². The van der Waals surface area contributed by atoms with Gasteiger partial charge in [-0.3, -0.25) is 9.48 Å². The lowest BCUT2D eigenvalue weighted by Gasteiger charge is -2.19. The van der Waals surface area contributed by atoms with Crippen LogP contribution in [0, 0.1) is 13.8 Å². The van der Waals surface area contributed by atoms with Gasteiger partial charge in [0, 0.05) is 18.8 Å². The van der Waals surface area contributed by atoms with Crippen LogP contribution in [0.5, 0.6) is 5.75 Å². The second-order valence-electron chi connectivity index (χ2n) is 8.59. The van der Waals surface area contributed by atoms with Crippen molar-refractivity contribution in [3.05, 3.63) is 70.9 Å². The van der Waals surface area contributed by atoms with Gasteiger partial charge >= 0.3 is 0 Å². The first-order valence-corrected chi connectivity index (χ1v) is 10.3. The summed E-state index contributed by atoms with van der Waals surface area (Å²) in [5.74, 6) is 1.46. The maximum absolute atomic E-state index is 12.3. The molecule has 0 unspecified atom stereocenters. The number of aromatic nitrogens is 2. The molecule has 0 atom stereocenters. The maximum Gasteiger partial charge on any atom is 0.286 e. The zero-order valence-corrected chi connectivity index (χ0v) is 18.5. The topological polar surface area (TPSA) is 69.3 Å². The van der Waals surface area contributed by atoms with Gasteiger partial charge in [-0.1, -0.05) is 32.9 Å².